The van der Waals surface area contributed by atoms with Crippen LogP contribution in [-0.4, -0.2) is 14.2 Å². The van der Waals surface area contributed by atoms with E-state index in [2.05, 4.69) is 11.0 Å². The van der Waals surface area contributed by atoms with Crippen LogP contribution in [0.5, 0.6) is 5.75 Å². The number of nitrogens with zero attached hydrogens (tertiary/aromatic N) is 1. The Labute approximate surface area is 71.1 Å². The topological polar surface area (TPSA) is 36.5 Å². The van der Waals surface area contributed by atoms with Crippen LogP contribution in [-0.2, 0) is 0 Å². The summed E-state index contributed by atoms with van der Waals surface area (Å²) in [6.45, 7) is 0. The molecule has 64 valence electrons. The molecule has 0 amide bonds. The van der Waals surface area contributed by atoms with Gasteiger partial charge in [0.1, 0.15) is 5.75 Å². The van der Waals surface area contributed by atoms with E-state index >= 15 is 0 Å². The van der Waals surface area contributed by atoms with Crippen LogP contribution in [0.4, 0.5) is 11.4 Å². The van der Waals surface area contributed by atoms with Crippen molar-refractivity contribution in [2.24, 2.45) is 0 Å². The van der Waals surface area contributed by atoms with Gasteiger partial charge in [0.15, 0.2) is 0 Å². The molecule has 4 heteroatoms. The fourth-order valence-corrected chi connectivity index (χ4v) is 1.23. The van der Waals surface area contributed by atoms with Gasteiger partial charge in [0.25, 0.3) is 0 Å². The van der Waals surface area contributed by atoms with Gasteiger partial charge in [-0.05, 0) is 12.1 Å². The maximum atomic E-state index is 5.11. The van der Waals surface area contributed by atoms with Crippen LogP contribution in [0, 0.1) is 0 Å². The van der Waals surface area contributed by atoms with E-state index in [9.17, 15) is 0 Å². The highest BCUT2D eigenvalue weighted by Gasteiger charge is 2.14. The summed E-state index contributed by atoms with van der Waals surface area (Å²) in [7, 11) is 3.61. The zero-order chi connectivity index (χ0) is 8.55. The lowest BCUT2D eigenvalue weighted by molar-refractivity contribution is 0.415. The highest BCUT2D eigenvalue weighted by molar-refractivity contribution is 5.74. The first-order valence-corrected chi connectivity index (χ1v) is 3.74. The van der Waals surface area contributed by atoms with Crippen molar-refractivity contribution in [1.82, 2.24) is 5.53 Å². The van der Waals surface area contributed by atoms with Gasteiger partial charge >= 0.3 is 0 Å². The summed E-state index contributed by atoms with van der Waals surface area (Å²) >= 11 is 0. The lowest BCUT2D eigenvalue weighted by Gasteiger charge is -2.10. The molecule has 4 nitrogen and oxygen atoms in total. The summed E-state index contributed by atoms with van der Waals surface area (Å²) in [5.74, 6) is 0.867. The van der Waals surface area contributed by atoms with Crippen molar-refractivity contribution < 1.29 is 4.74 Å². The van der Waals surface area contributed by atoms with Crippen LogP contribution < -0.4 is 20.7 Å². The summed E-state index contributed by atoms with van der Waals surface area (Å²) in [6.07, 6.45) is 0. The number of nitrogens with one attached hydrogen (secondary N) is 2. The van der Waals surface area contributed by atoms with Gasteiger partial charge in [0.05, 0.1) is 18.5 Å². The summed E-state index contributed by atoms with van der Waals surface area (Å²) in [4.78, 5) is 0. The number of anilines is 2. The summed E-state index contributed by atoms with van der Waals surface area (Å²) < 4.78 is 5.11. The Kier molecular flexibility index (Phi) is 1.55. The average Bonchev–Trinajstić information content (AvgIpc) is 2.47. The molecule has 0 aliphatic carbocycles. The average molecular weight is 165 g/mol. The van der Waals surface area contributed by atoms with E-state index in [1.54, 1.807) is 7.11 Å². The quantitative estimate of drug-likeness (QED) is 0.650. The number of hydrogen-bond acceptors (Lipinski definition) is 4. The van der Waals surface area contributed by atoms with E-state index in [1.165, 1.54) is 0 Å². The molecule has 0 spiro atoms. The van der Waals surface area contributed by atoms with Crippen molar-refractivity contribution in [3.8, 4) is 5.75 Å². The van der Waals surface area contributed by atoms with Crippen LogP contribution >= 0.6 is 0 Å². The van der Waals surface area contributed by atoms with E-state index in [0.717, 1.165) is 17.1 Å². The highest BCUT2D eigenvalue weighted by atomic mass is 16.5. The number of hydrogen-bond donors (Lipinski definition) is 2. The minimum absolute atomic E-state index is 0.867. The molecule has 0 radical (unpaired) electrons. The molecular weight excluding hydrogens is 154 g/mol. The number of methoxy groups -OCH3 is 1. The van der Waals surface area contributed by atoms with Gasteiger partial charge in [-0.25, -0.2) is 0 Å². The second kappa shape index (κ2) is 2.57. The normalized spacial score (nSPS) is 14.0. The number of benzene rings is 1. The first kappa shape index (κ1) is 7.24. The number of rotatable bonds is 1. The number of ether oxygens (including phenoxy) is 1. The third-order valence-electron chi connectivity index (χ3n) is 1.92. The minimum atomic E-state index is 0.867. The third kappa shape index (κ3) is 0.967. The van der Waals surface area contributed by atoms with E-state index in [-0.39, 0.29) is 0 Å². The maximum absolute atomic E-state index is 5.11. The van der Waals surface area contributed by atoms with E-state index in [4.69, 9.17) is 4.74 Å². The van der Waals surface area contributed by atoms with Crippen LogP contribution in [0.25, 0.3) is 0 Å². The zero-order valence-electron chi connectivity index (χ0n) is 7.09. The molecule has 1 heterocycles. The maximum Gasteiger partial charge on any atom is 0.121 e. The Hall–Kier alpha value is -1.42. The third-order valence-corrected chi connectivity index (χ3v) is 1.92. The second-order valence-electron chi connectivity index (χ2n) is 2.68. The van der Waals surface area contributed by atoms with Crippen molar-refractivity contribution in [2.45, 2.75) is 0 Å². The molecule has 12 heavy (non-hydrogen) atoms. The molecule has 0 bridgehead atoms. The van der Waals surface area contributed by atoms with Crippen molar-refractivity contribution in [3.63, 3.8) is 0 Å². The van der Waals surface area contributed by atoms with E-state index < -0.39 is 0 Å². The Morgan fingerprint density at radius 2 is 2.25 bits per heavy atom. The van der Waals surface area contributed by atoms with Gasteiger partial charge in [-0.3, -0.25) is 5.01 Å². The minimum Gasteiger partial charge on any atom is -0.497 e. The van der Waals surface area contributed by atoms with Crippen molar-refractivity contribution >= 4 is 11.4 Å². The molecule has 0 atom stereocenters. The second-order valence-corrected chi connectivity index (χ2v) is 2.68. The van der Waals surface area contributed by atoms with Gasteiger partial charge in [0, 0.05) is 13.1 Å². The predicted molar refractivity (Wildman–Crippen MR) is 48.2 cm³/mol. The molecule has 2 N–H and O–H groups in total. The van der Waals surface area contributed by atoms with Gasteiger partial charge in [0.2, 0.25) is 0 Å². The fraction of sp³-hybridized carbons (Fsp3) is 0.250. The zero-order valence-corrected chi connectivity index (χ0v) is 7.09. The molecular formula is C8H11N3O. The molecule has 1 aliphatic heterocycles. The summed E-state index contributed by atoms with van der Waals surface area (Å²) in [5.41, 5.74) is 8.15. The molecule has 0 saturated carbocycles. The molecule has 0 fully saturated rings. The Bertz CT molecular complexity index is 300. The molecule has 0 saturated heterocycles. The van der Waals surface area contributed by atoms with Crippen LogP contribution in [0.2, 0.25) is 0 Å². The predicted octanol–water partition coefficient (Wildman–Crippen LogP) is 0.976. The Morgan fingerprint density at radius 3 is 3.00 bits per heavy atom. The summed E-state index contributed by atoms with van der Waals surface area (Å²) in [5, 5.41) is 1.90. The van der Waals surface area contributed by atoms with Gasteiger partial charge < -0.3 is 10.2 Å². The first-order valence-electron chi connectivity index (χ1n) is 3.74. The standard InChI is InChI=1S/C8H11N3O/c1-11-8-5-6(12-2)3-4-7(8)9-10-11/h3-5,9-10H,1-2H3. The van der Waals surface area contributed by atoms with Crippen LogP contribution in [0.3, 0.4) is 0 Å². The molecule has 2 rings (SSSR count). The lowest BCUT2D eigenvalue weighted by Crippen LogP contribution is -2.31. The fourth-order valence-electron chi connectivity index (χ4n) is 1.23. The summed E-state index contributed by atoms with van der Waals surface area (Å²) in [6, 6.07) is 5.87. The molecule has 0 unspecified atom stereocenters. The number of fused-ring (bicyclic) bond motifs is 1. The van der Waals surface area contributed by atoms with E-state index in [0.29, 0.717) is 0 Å². The van der Waals surface area contributed by atoms with Crippen LogP contribution in [0.1, 0.15) is 0 Å². The Balaban J connectivity index is 2.43. The van der Waals surface area contributed by atoms with Crippen molar-refractivity contribution in [3.05, 3.63) is 18.2 Å². The lowest BCUT2D eigenvalue weighted by atomic mass is 10.2. The first-order chi connectivity index (χ1) is 5.81. The van der Waals surface area contributed by atoms with Gasteiger partial charge in [-0.15, -0.1) is 5.53 Å². The highest BCUT2D eigenvalue weighted by Crippen LogP contribution is 2.31. The monoisotopic (exact) mass is 165 g/mol. The van der Waals surface area contributed by atoms with Crippen molar-refractivity contribution in [2.75, 3.05) is 24.6 Å². The van der Waals surface area contributed by atoms with Crippen molar-refractivity contribution in [1.29, 1.82) is 0 Å². The Morgan fingerprint density at radius 1 is 1.42 bits per heavy atom. The van der Waals surface area contributed by atoms with Crippen LogP contribution in [0.15, 0.2) is 18.2 Å². The molecule has 1 aromatic carbocycles. The SMILES string of the molecule is COc1ccc2c(c1)N(C)NN2. The molecule has 0 aromatic heterocycles. The van der Waals surface area contributed by atoms with Gasteiger partial charge in [-0.1, -0.05) is 0 Å². The molecule has 1 aliphatic rings. The smallest absolute Gasteiger partial charge is 0.121 e. The largest absolute Gasteiger partial charge is 0.497 e. The molecule has 1 aromatic rings. The van der Waals surface area contributed by atoms with Gasteiger partial charge in [-0.2, -0.15) is 0 Å². The van der Waals surface area contributed by atoms with E-state index in [1.807, 2.05) is 30.3 Å². The number of hydrazine groups is 2.